The van der Waals surface area contributed by atoms with Crippen molar-refractivity contribution in [1.29, 1.82) is 0 Å². The lowest BCUT2D eigenvalue weighted by Crippen LogP contribution is -2.47. The zero-order valence-electron chi connectivity index (χ0n) is 22.8. The van der Waals surface area contributed by atoms with E-state index in [4.69, 9.17) is 21.1 Å². The van der Waals surface area contributed by atoms with Crippen LogP contribution in [0.1, 0.15) is 56.1 Å². The summed E-state index contributed by atoms with van der Waals surface area (Å²) in [5.41, 5.74) is 2.14. The summed E-state index contributed by atoms with van der Waals surface area (Å²) in [4.78, 5) is 42.1. The van der Waals surface area contributed by atoms with Crippen LogP contribution in [0.15, 0.2) is 72.8 Å². The van der Waals surface area contributed by atoms with Gasteiger partial charge in [0.15, 0.2) is 0 Å². The lowest BCUT2D eigenvalue weighted by atomic mass is 9.89. The van der Waals surface area contributed by atoms with Crippen LogP contribution >= 0.6 is 11.6 Å². The minimum Gasteiger partial charge on any atom is -0.492 e. The number of methoxy groups -OCH3 is 1. The molecule has 8 heteroatoms. The number of hydrogen-bond donors (Lipinski definition) is 0. The molecule has 2 amide bonds. The molecule has 0 N–H and O–H groups in total. The van der Waals surface area contributed by atoms with Gasteiger partial charge < -0.3 is 19.3 Å². The van der Waals surface area contributed by atoms with Crippen LogP contribution in [-0.4, -0.2) is 37.5 Å². The molecular weight excluding hydrogens is 516 g/mol. The van der Waals surface area contributed by atoms with Crippen molar-refractivity contribution in [3.63, 3.8) is 0 Å². The molecule has 0 fully saturated rings. The van der Waals surface area contributed by atoms with Crippen LogP contribution in [0.2, 0.25) is 5.02 Å². The highest BCUT2D eigenvalue weighted by Gasteiger charge is 2.38. The van der Waals surface area contributed by atoms with Crippen molar-refractivity contribution in [2.75, 3.05) is 23.5 Å². The van der Waals surface area contributed by atoms with E-state index in [9.17, 15) is 14.4 Å². The lowest BCUT2D eigenvalue weighted by Gasteiger charge is -2.43. The number of hydrogen-bond acceptors (Lipinski definition) is 5. The van der Waals surface area contributed by atoms with Gasteiger partial charge in [-0.1, -0.05) is 29.8 Å². The largest absolute Gasteiger partial charge is 0.492 e. The maximum absolute atomic E-state index is 13.8. The van der Waals surface area contributed by atoms with Gasteiger partial charge in [-0.2, -0.15) is 0 Å². The molecule has 0 aliphatic carbocycles. The van der Waals surface area contributed by atoms with Crippen molar-refractivity contribution in [2.45, 2.75) is 46.2 Å². The number of fused-ring (bicyclic) bond motifs is 1. The minimum atomic E-state index is -0.799. The Labute approximate surface area is 234 Å². The van der Waals surface area contributed by atoms with Crippen LogP contribution in [0.5, 0.6) is 5.75 Å². The van der Waals surface area contributed by atoms with Crippen molar-refractivity contribution < 1.29 is 23.9 Å². The highest BCUT2D eigenvalue weighted by Crippen LogP contribution is 2.43. The van der Waals surface area contributed by atoms with Gasteiger partial charge in [0.1, 0.15) is 12.4 Å². The third-order valence-electron chi connectivity index (χ3n) is 6.97. The number of benzene rings is 3. The molecule has 0 bridgehead atoms. The Morgan fingerprint density at radius 3 is 2.26 bits per heavy atom. The number of ether oxygens (including phenoxy) is 2. The molecule has 0 unspecified atom stereocenters. The molecule has 1 aliphatic heterocycles. The van der Waals surface area contributed by atoms with Crippen LogP contribution in [0.3, 0.4) is 0 Å². The highest BCUT2D eigenvalue weighted by atomic mass is 35.5. The Morgan fingerprint density at radius 2 is 1.64 bits per heavy atom. The SMILES string of the molecule is COC(=O)C(C)(C)COc1ccc(C(=O)N2c3ccccc3[C@H](N(C(C)=O)c3ccc(Cl)cc3)C[C@@H]2C)cc1. The molecule has 1 aliphatic rings. The van der Waals surface area contributed by atoms with Crippen LogP contribution in [0, 0.1) is 5.41 Å². The van der Waals surface area contributed by atoms with Gasteiger partial charge in [-0.25, -0.2) is 0 Å². The van der Waals surface area contributed by atoms with Crippen LogP contribution in [0.4, 0.5) is 11.4 Å². The van der Waals surface area contributed by atoms with Crippen molar-refractivity contribution in [2.24, 2.45) is 5.41 Å². The van der Waals surface area contributed by atoms with E-state index >= 15 is 0 Å². The Morgan fingerprint density at radius 1 is 1.00 bits per heavy atom. The second-order valence-electron chi connectivity index (χ2n) is 10.4. The third kappa shape index (κ3) is 5.93. The molecule has 0 aromatic heterocycles. The number of halogens is 1. The summed E-state index contributed by atoms with van der Waals surface area (Å²) in [5.74, 6) is -0.0359. The minimum absolute atomic E-state index is 0.0879. The van der Waals surface area contributed by atoms with E-state index < -0.39 is 5.41 Å². The fraction of sp³-hybridized carbons (Fsp3) is 0.323. The molecule has 0 radical (unpaired) electrons. The molecule has 3 aromatic carbocycles. The molecule has 1 heterocycles. The summed E-state index contributed by atoms with van der Waals surface area (Å²) < 4.78 is 10.6. The summed E-state index contributed by atoms with van der Waals surface area (Å²) in [6, 6.07) is 21.4. The van der Waals surface area contributed by atoms with Gasteiger partial charge in [-0.05, 0) is 87.4 Å². The second kappa shape index (κ2) is 11.5. The molecular formula is C31H33ClN2O5. The number of amides is 2. The quantitative estimate of drug-likeness (QED) is 0.317. The van der Waals surface area contributed by atoms with E-state index in [-0.39, 0.29) is 36.5 Å². The van der Waals surface area contributed by atoms with Gasteiger partial charge in [-0.3, -0.25) is 14.4 Å². The average molecular weight is 549 g/mol. The first kappa shape index (κ1) is 28.2. The number of carbonyl (C=O) groups is 3. The van der Waals surface area contributed by atoms with Gasteiger partial charge in [0.25, 0.3) is 5.91 Å². The number of carbonyl (C=O) groups excluding carboxylic acids is 3. The second-order valence-corrected chi connectivity index (χ2v) is 10.8. The maximum Gasteiger partial charge on any atom is 0.314 e. The highest BCUT2D eigenvalue weighted by molar-refractivity contribution is 6.30. The molecule has 4 rings (SSSR count). The van der Waals surface area contributed by atoms with Gasteiger partial charge in [0.2, 0.25) is 5.91 Å². The van der Waals surface area contributed by atoms with E-state index in [2.05, 4.69) is 0 Å². The predicted octanol–water partition coefficient (Wildman–Crippen LogP) is 6.45. The van der Waals surface area contributed by atoms with Gasteiger partial charge in [0.05, 0.1) is 18.6 Å². The number of esters is 1. The van der Waals surface area contributed by atoms with Crippen molar-refractivity contribution in [3.05, 3.63) is 88.9 Å². The fourth-order valence-electron chi connectivity index (χ4n) is 4.95. The number of nitrogens with zero attached hydrogens (tertiary/aromatic N) is 2. The van der Waals surface area contributed by atoms with E-state index in [0.717, 1.165) is 16.9 Å². The summed E-state index contributed by atoms with van der Waals surface area (Å²) in [6.07, 6.45) is 0.564. The molecule has 3 aromatic rings. The lowest BCUT2D eigenvalue weighted by molar-refractivity contribution is -0.152. The van der Waals surface area contributed by atoms with Crippen LogP contribution in [0.25, 0.3) is 0 Å². The summed E-state index contributed by atoms with van der Waals surface area (Å²) in [5, 5.41) is 0.597. The molecule has 0 spiro atoms. The molecule has 204 valence electrons. The van der Waals surface area contributed by atoms with Crippen molar-refractivity contribution >= 4 is 40.8 Å². The Kier molecular flexibility index (Phi) is 8.31. The first-order valence-electron chi connectivity index (χ1n) is 12.8. The van der Waals surface area contributed by atoms with E-state index in [0.29, 0.717) is 22.8 Å². The first-order chi connectivity index (χ1) is 18.5. The molecule has 7 nitrogen and oxygen atoms in total. The average Bonchev–Trinajstić information content (AvgIpc) is 2.92. The molecule has 0 saturated carbocycles. The maximum atomic E-state index is 13.8. The number of rotatable bonds is 7. The predicted molar refractivity (Wildman–Crippen MR) is 152 cm³/mol. The summed E-state index contributed by atoms with van der Waals surface area (Å²) >= 11 is 6.09. The van der Waals surface area contributed by atoms with Crippen LogP contribution < -0.4 is 14.5 Å². The Hall–Kier alpha value is -3.84. The van der Waals surface area contributed by atoms with E-state index in [1.54, 1.807) is 67.0 Å². The number of para-hydroxylation sites is 1. The molecule has 0 saturated heterocycles. The normalized spacial score (nSPS) is 16.7. The molecule has 39 heavy (non-hydrogen) atoms. The monoisotopic (exact) mass is 548 g/mol. The van der Waals surface area contributed by atoms with Crippen LogP contribution in [-0.2, 0) is 14.3 Å². The third-order valence-corrected chi connectivity index (χ3v) is 7.23. The Bertz CT molecular complexity index is 1350. The van der Waals surface area contributed by atoms with E-state index in [1.165, 1.54) is 7.11 Å². The summed E-state index contributed by atoms with van der Waals surface area (Å²) in [7, 11) is 1.35. The van der Waals surface area contributed by atoms with E-state index in [1.807, 2.05) is 43.3 Å². The van der Waals surface area contributed by atoms with Crippen molar-refractivity contribution in [1.82, 2.24) is 0 Å². The topological polar surface area (TPSA) is 76.2 Å². The zero-order chi connectivity index (χ0) is 28.3. The van der Waals surface area contributed by atoms with Gasteiger partial charge >= 0.3 is 5.97 Å². The van der Waals surface area contributed by atoms with Crippen molar-refractivity contribution in [3.8, 4) is 5.75 Å². The van der Waals surface area contributed by atoms with Gasteiger partial charge in [-0.15, -0.1) is 0 Å². The molecule has 2 atom stereocenters. The summed E-state index contributed by atoms with van der Waals surface area (Å²) in [6.45, 7) is 7.19. The smallest absolute Gasteiger partial charge is 0.314 e. The first-order valence-corrected chi connectivity index (χ1v) is 13.2. The number of anilines is 2. The standard InChI is InChI=1S/C31H33ClN2O5/c1-20-18-28(34(21(2)35)24-14-12-23(32)13-15-24)26-8-6-7-9-27(26)33(20)29(36)22-10-16-25(17-11-22)39-19-31(3,4)30(37)38-5/h6-17,20,28H,18-19H2,1-5H3/t20-,28+/m0/s1. The Balaban J connectivity index is 1.59. The van der Waals surface area contributed by atoms with Gasteiger partial charge in [0, 0.05) is 34.9 Å². The zero-order valence-corrected chi connectivity index (χ0v) is 23.6. The fourth-order valence-corrected chi connectivity index (χ4v) is 5.08.